The van der Waals surface area contributed by atoms with Gasteiger partial charge in [0.2, 0.25) is 5.91 Å². The van der Waals surface area contributed by atoms with Gasteiger partial charge in [0.15, 0.2) is 0 Å². The zero-order chi connectivity index (χ0) is 14.3. The first-order chi connectivity index (χ1) is 8.99. The monoisotopic (exact) mass is 274 g/mol. The number of primary amides is 1. The highest BCUT2D eigenvalue weighted by molar-refractivity contribution is 5.83. The maximum absolute atomic E-state index is 11.6. The average molecular weight is 274 g/mol. The molecular weight excluding hydrogens is 256 g/mol. The molecular formula is C10H18N4O5. The van der Waals surface area contributed by atoms with Gasteiger partial charge in [-0.2, -0.15) is 0 Å². The minimum absolute atomic E-state index is 0.0405. The molecule has 1 fully saturated rings. The van der Waals surface area contributed by atoms with Crippen LogP contribution in [0.3, 0.4) is 0 Å². The standard InChI is InChI=1S/C10H18N4O5/c11-8(15)2-1-7(9(16)17)12-10(18)13-14-3-5-19-6-4-14/h7H,1-6H2,(H2,11,15)(H,16,17)(H2,12,13,18). The number of urea groups is 1. The molecule has 19 heavy (non-hydrogen) atoms. The SMILES string of the molecule is NC(=O)CCC(NC(=O)NN1CCOCC1)C(=O)O. The Labute approximate surface area is 110 Å². The van der Waals surface area contributed by atoms with Crippen LogP contribution >= 0.6 is 0 Å². The van der Waals surface area contributed by atoms with E-state index in [-0.39, 0.29) is 12.8 Å². The molecule has 1 rings (SSSR count). The molecule has 0 spiro atoms. The van der Waals surface area contributed by atoms with Crippen LogP contribution in [0.1, 0.15) is 12.8 Å². The van der Waals surface area contributed by atoms with Crippen LogP contribution in [0.5, 0.6) is 0 Å². The number of rotatable bonds is 6. The summed E-state index contributed by atoms with van der Waals surface area (Å²) in [6.45, 7) is 2.08. The number of amides is 3. The van der Waals surface area contributed by atoms with Gasteiger partial charge in [0.25, 0.3) is 0 Å². The van der Waals surface area contributed by atoms with Gasteiger partial charge < -0.3 is 20.9 Å². The Morgan fingerprint density at radius 3 is 2.47 bits per heavy atom. The van der Waals surface area contributed by atoms with Crippen LogP contribution in [0.2, 0.25) is 0 Å². The van der Waals surface area contributed by atoms with Crippen molar-refractivity contribution in [2.45, 2.75) is 18.9 Å². The first-order valence-corrected chi connectivity index (χ1v) is 5.90. The lowest BCUT2D eigenvalue weighted by molar-refractivity contribution is -0.139. The molecule has 0 aliphatic carbocycles. The number of nitrogens with zero attached hydrogens (tertiary/aromatic N) is 1. The minimum Gasteiger partial charge on any atom is -0.480 e. The summed E-state index contributed by atoms with van der Waals surface area (Å²) in [6.07, 6.45) is -0.143. The summed E-state index contributed by atoms with van der Waals surface area (Å²) in [5.74, 6) is -1.82. The lowest BCUT2D eigenvalue weighted by Gasteiger charge is -2.27. The number of hydrogen-bond acceptors (Lipinski definition) is 5. The summed E-state index contributed by atoms with van der Waals surface area (Å²) in [7, 11) is 0. The van der Waals surface area contributed by atoms with Crippen LogP contribution in [0.15, 0.2) is 0 Å². The van der Waals surface area contributed by atoms with Crippen molar-refractivity contribution < 1.29 is 24.2 Å². The number of aliphatic carboxylic acids is 1. The first-order valence-electron chi connectivity index (χ1n) is 5.90. The third kappa shape index (κ3) is 6.02. The van der Waals surface area contributed by atoms with Crippen molar-refractivity contribution in [1.82, 2.24) is 15.8 Å². The van der Waals surface area contributed by atoms with E-state index in [9.17, 15) is 14.4 Å². The highest BCUT2D eigenvalue weighted by Crippen LogP contribution is 1.98. The Kier molecular flexibility index (Phi) is 6.03. The van der Waals surface area contributed by atoms with Gasteiger partial charge in [-0.15, -0.1) is 0 Å². The Morgan fingerprint density at radius 1 is 1.32 bits per heavy atom. The van der Waals surface area contributed by atoms with Crippen molar-refractivity contribution in [2.75, 3.05) is 26.3 Å². The van der Waals surface area contributed by atoms with Crippen molar-refractivity contribution >= 4 is 17.9 Å². The smallest absolute Gasteiger partial charge is 0.330 e. The van der Waals surface area contributed by atoms with Crippen LogP contribution in [-0.4, -0.2) is 60.4 Å². The van der Waals surface area contributed by atoms with E-state index in [0.29, 0.717) is 26.3 Å². The number of morpholine rings is 1. The van der Waals surface area contributed by atoms with Crippen LogP contribution in [0.4, 0.5) is 4.79 Å². The third-order valence-corrected chi connectivity index (χ3v) is 2.55. The van der Waals surface area contributed by atoms with E-state index in [4.69, 9.17) is 15.6 Å². The molecule has 9 nitrogen and oxygen atoms in total. The van der Waals surface area contributed by atoms with Crippen LogP contribution < -0.4 is 16.5 Å². The summed E-state index contributed by atoms with van der Waals surface area (Å²) < 4.78 is 5.11. The largest absolute Gasteiger partial charge is 0.480 e. The molecule has 0 bridgehead atoms. The number of nitrogens with two attached hydrogens (primary N) is 1. The van der Waals surface area contributed by atoms with Gasteiger partial charge in [0.05, 0.1) is 13.2 Å². The van der Waals surface area contributed by atoms with Crippen molar-refractivity contribution in [2.24, 2.45) is 5.73 Å². The van der Waals surface area contributed by atoms with Gasteiger partial charge in [-0.3, -0.25) is 10.2 Å². The van der Waals surface area contributed by atoms with Crippen molar-refractivity contribution in [3.8, 4) is 0 Å². The zero-order valence-electron chi connectivity index (χ0n) is 10.4. The maximum Gasteiger partial charge on any atom is 0.330 e. The highest BCUT2D eigenvalue weighted by atomic mass is 16.5. The van der Waals surface area contributed by atoms with E-state index in [1.807, 2.05) is 0 Å². The summed E-state index contributed by atoms with van der Waals surface area (Å²) in [5, 5.41) is 12.8. The zero-order valence-corrected chi connectivity index (χ0v) is 10.4. The number of carboxylic acid groups (broad SMARTS) is 1. The van der Waals surface area contributed by atoms with E-state index < -0.39 is 23.9 Å². The normalized spacial score (nSPS) is 17.5. The van der Waals surface area contributed by atoms with E-state index in [1.54, 1.807) is 5.01 Å². The fourth-order valence-electron chi connectivity index (χ4n) is 1.55. The number of hydrogen-bond donors (Lipinski definition) is 4. The molecule has 0 aromatic heterocycles. The number of carboxylic acids is 1. The second-order valence-electron chi connectivity index (χ2n) is 4.08. The van der Waals surface area contributed by atoms with Gasteiger partial charge in [-0.25, -0.2) is 14.6 Å². The highest BCUT2D eigenvalue weighted by Gasteiger charge is 2.21. The first kappa shape index (κ1) is 15.2. The van der Waals surface area contributed by atoms with Gasteiger partial charge in [0.1, 0.15) is 6.04 Å². The molecule has 0 aromatic rings. The number of ether oxygens (including phenoxy) is 1. The fraction of sp³-hybridized carbons (Fsp3) is 0.700. The second kappa shape index (κ2) is 7.54. The maximum atomic E-state index is 11.6. The molecule has 1 atom stereocenters. The average Bonchev–Trinajstić information content (AvgIpc) is 2.35. The molecule has 108 valence electrons. The van der Waals surface area contributed by atoms with Crippen LogP contribution in [-0.2, 0) is 14.3 Å². The van der Waals surface area contributed by atoms with Gasteiger partial charge >= 0.3 is 12.0 Å². The van der Waals surface area contributed by atoms with Crippen LogP contribution in [0, 0.1) is 0 Å². The lowest BCUT2D eigenvalue weighted by atomic mass is 10.1. The van der Waals surface area contributed by atoms with Gasteiger partial charge in [0, 0.05) is 19.5 Å². The van der Waals surface area contributed by atoms with Crippen LogP contribution in [0.25, 0.3) is 0 Å². The Bertz CT molecular complexity index is 343. The minimum atomic E-state index is -1.21. The number of carbonyl (C=O) groups is 3. The lowest BCUT2D eigenvalue weighted by Crippen LogP contribution is -2.54. The third-order valence-electron chi connectivity index (χ3n) is 2.55. The molecule has 1 aliphatic rings. The summed E-state index contributed by atoms with van der Waals surface area (Å²) >= 11 is 0. The molecule has 9 heteroatoms. The Morgan fingerprint density at radius 2 is 1.95 bits per heavy atom. The molecule has 0 saturated carbocycles. The number of nitrogens with one attached hydrogen (secondary N) is 2. The molecule has 1 aliphatic heterocycles. The molecule has 3 amide bonds. The van der Waals surface area contributed by atoms with E-state index >= 15 is 0 Å². The number of hydrazine groups is 1. The van der Waals surface area contributed by atoms with Gasteiger partial charge in [-0.05, 0) is 6.42 Å². The molecule has 1 saturated heterocycles. The predicted molar refractivity (Wildman–Crippen MR) is 63.9 cm³/mol. The van der Waals surface area contributed by atoms with Crippen molar-refractivity contribution in [3.05, 3.63) is 0 Å². The fourth-order valence-corrected chi connectivity index (χ4v) is 1.55. The van der Waals surface area contributed by atoms with E-state index in [0.717, 1.165) is 0 Å². The van der Waals surface area contributed by atoms with E-state index in [2.05, 4.69) is 10.7 Å². The number of carbonyl (C=O) groups excluding carboxylic acids is 2. The Balaban J connectivity index is 2.37. The quantitative estimate of drug-likeness (QED) is 0.454. The van der Waals surface area contributed by atoms with Crippen molar-refractivity contribution in [1.29, 1.82) is 0 Å². The molecule has 0 radical (unpaired) electrons. The van der Waals surface area contributed by atoms with Gasteiger partial charge in [-0.1, -0.05) is 0 Å². The predicted octanol–water partition coefficient (Wildman–Crippen LogP) is -1.75. The molecule has 0 aromatic carbocycles. The topological polar surface area (TPSA) is 134 Å². The van der Waals surface area contributed by atoms with E-state index in [1.165, 1.54) is 0 Å². The molecule has 5 N–H and O–H groups in total. The Hall–Kier alpha value is -1.87. The summed E-state index contributed by atoms with van der Waals surface area (Å²) in [4.78, 5) is 33.1. The molecule has 1 unspecified atom stereocenters. The summed E-state index contributed by atoms with van der Waals surface area (Å²) in [6, 6.07) is -1.77. The van der Waals surface area contributed by atoms with Crippen molar-refractivity contribution in [3.63, 3.8) is 0 Å². The second-order valence-corrected chi connectivity index (χ2v) is 4.08. The molecule has 1 heterocycles. The summed E-state index contributed by atoms with van der Waals surface area (Å²) in [5.41, 5.74) is 7.45.